The Morgan fingerprint density at radius 1 is 1.64 bits per heavy atom. The minimum absolute atomic E-state index is 0.00463. The molecule has 4 aliphatic carbocycles. The van der Waals surface area contributed by atoms with Gasteiger partial charge in [-0.25, -0.2) is 0 Å². The molecule has 0 spiro atoms. The van der Waals surface area contributed by atoms with Crippen molar-refractivity contribution in [2.75, 3.05) is 6.66 Å². The molecular formula is C8H13O2P. The Labute approximate surface area is 67.9 Å². The van der Waals surface area contributed by atoms with Gasteiger partial charge < -0.3 is 4.89 Å². The second-order valence-corrected chi connectivity index (χ2v) is 6.83. The lowest BCUT2D eigenvalue weighted by Crippen LogP contribution is -2.11. The van der Waals surface area contributed by atoms with Gasteiger partial charge in [-0.1, -0.05) is 0 Å². The standard InChI is InChI=1S/C8H13O2P/c1-11(9,10)8-4-2-5-6(3-4)7(5)8/h4-8H,2-3H2,1H3,(H,9,10)/i2D. The van der Waals surface area contributed by atoms with Gasteiger partial charge in [-0.2, -0.15) is 0 Å². The molecule has 0 aromatic carbocycles. The van der Waals surface area contributed by atoms with Crippen LogP contribution >= 0.6 is 7.37 Å². The molecule has 3 heteroatoms. The normalized spacial score (nSPS) is 70.9. The second-order valence-electron chi connectivity index (χ2n) is 4.34. The first-order valence-corrected chi connectivity index (χ1v) is 6.41. The first kappa shape index (κ1) is 5.77. The van der Waals surface area contributed by atoms with Crippen LogP contribution in [0.2, 0.25) is 0 Å². The van der Waals surface area contributed by atoms with Crippen molar-refractivity contribution in [2.24, 2.45) is 23.7 Å². The van der Waals surface area contributed by atoms with Crippen LogP contribution in [0.1, 0.15) is 14.2 Å². The van der Waals surface area contributed by atoms with E-state index >= 15 is 0 Å². The van der Waals surface area contributed by atoms with Gasteiger partial charge in [0.1, 0.15) is 0 Å². The van der Waals surface area contributed by atoms with Crippen molar-refractivity contribution in [3.8, 4) is 0 Å². The third-order valence-corrected chi connectivity index (χ3v) is 5.53. The van der Waals surface area contributed by atoms with Gasteiger partial charge in [0.05, 0.1) is 0 Å². The maximum Gasteiger partial charge on any atom is 0.201 e. The molecule has 0 heterocycles. The van der Waals surface area contributed by atoms with E-state index in [1.54, 1.807) is 0 Å². The smallest absolute Gasteiger partial charge is 0.201 e. The predicted octanol–water partition coefficient (Wildman–Crippen LogP) is 1.54. The highest BCUT2D eigenvalue weighted by Gasteiger charge is 2.71. The van der Waals surface area contributed by atoms with Crippen molar-refractivity contribution in [3.63, 3.8) is 0 Å². The Kier molecular flexibility index (Phi) is 0.840. The molecule has 0 radical (unpaired) electrons. The Bertz CT molecular complexity index is 287. The maximum absolute atomic E-state index is 11.5. The fourth-order valence-electron chi connectivity index (χ4n) is 3.39. The molecule has 0 saturated heterocycles. The van der Waals surface area contributed by atoms with Crippen LogP contribution in [-0.4, -0.2) is 17.2 Å². The van der Waals surface area contributed by atoms with Gasteiger partial charge in [0, 0.05) is 13.7 Å². The fraction of sp³-hybridized carbons (Fsp3) is 1.00. The molecule has 4 fully saturated rings. The molecule has 0 aliphatic heterocycles. The minimum Gasteiger partial charge on any atom is -0.344 e. The molecule has 62 valence electrons. The van der Waals surface area contributed by atoms with E-state index in [4.69, 9.17) is 1.37 Å². The van der Waals surface area contributed by atoms with Gasteiger partial charge >= 0.3 is 0 Å². The summed E-state index contributed by atoms with van der Waals surface area (Å²) >= 11 is 0. The molecule has 4 saturated carbocycles. The van der Waals surface area contributed by atoms with Crippen LogP contribution in [-0.2, 0) is 4.57 Å². The lowest BCUT2D eigenvalue weighted by atomic mass is 10.1. The Morgan fingerprint density at radius 2 is 2.36 bits per heavy atom. The molecule has 0 amide bonds. The summed E-state index contributed by atoms with van der Waals surface area (Å²) in [6.07, 6.45) is 1.05. The zero-order chi connectivity index (χ0) is 8.67. The maximum atomic E-state index is 11.5. The van der Waals surface area contributed by atoms with Gasteiger partial charge in [0.25, 0.3) is 0 Å². The van der Waals surface area contributed by atoms with Gasteiger partial charge in [-0.3, -0.25) is 4.57 Å². The number of hydrogen-bond acceptors (Lipinski definition) is 1. The van der Waals surface area contributed by atoms with Crippen LogP contribution in [0.25, 0.3) is 0 Å². The zero-order valence-electron chi connectivity index (χ0n) is 7.47. The molecule has 7 atom stereocenters. The molecule has 0 aromatic rings. The summed E-state index contributed by atoms with van der Waals surface area (Å²) in [4.78, 5) is 9.50. The molecule has 4 aliphatic rings. The summed E-state index contributed by atoms with van der Waals surface area (Å²) in [6, 6.07) is 0. The van der Waals surface area contributed by atoms with E-state index in [9.17, 15) is 9.46 Å². The SMILES string of the molecule is [2H]C1C2CC3C1C3C2P(C)(=O)O. The molecule has 11 heavy (non-hydrogen) atoms. The van der Waals surface area contributed by atoms with E-state index in [2.05, 4.69) is 0 Å². The topological polar surface area (TPSA) is 37.3 Å². The molecule has 2 nitrogen and oxygen atoms in total. The largest absolute Gasteiger partial charge is 0.344 e. The molecule has 4 rings (SSSR count). The zero-order valence-corrected chi connectivity index (χ0v) is 7.37. The van der Waals surface area contributed by atoms with Crippen molar-refractivity contribution in [2.45, 2.75) is 18.5 Å². The van der Waals surface area contributed by atoms with Crippen LogP contribution < -0.4 is 0 Å². The van der Waals surface area contributed by atoms with E-state index in [1.165, 1.54) is 6.66 Å². The summed E-state index contributed by atoms with van der Waals surface area (Å²) in [5.74, 6) is 1.87. The molecule has 0 aromatic heterocycles. The average Bonchev–Trinajstić information content (AvgIpc) is 2.33. The molecule has 1 N–H and O–H groups in total. The average molecular weight is 173 g/mol. The third-order valence-electron chi connectivity index (χ3n) is 3.69. The third kappa shape index (κ3) is 0.660. The first-order valence-electron chi connectivity index (χ1n) is 4.82. The van der Waals surface area contributed by atoms with E-state index in [1.807, 2.05) is 0 Å². The molecular weight excluding hydrogens is 159 g/mol. The number of rotatable bonds is 1. The lowest BCUT2D eigenvalue weighted by molar-refractivity contribution is 0.450. The Hall–Kier alpha value is 0.190. The van der Waals surface area contributed by atoms with Gasteiger partial charge in [0.15, 0.2) is 0 Å². The summed E-state index contributed by atoms with van der Waals surface area (Å²) in [5, 5.41) is 0. The van der Waals surface area contributed by atoms with Crippen LogP contribution in [0.3, 0.4) is 0 Å². The fourth-order valence-corrected chi connectivity index (χ4v) is 5.38. The lowest BCUT2D eigenvalue weighted by Gasteiger charge is -2.17. The van der Waals surface area contributed by atoms with Crippen molar-refractivity contribution in [3.05, 3.63) is 0 Å². The van der Waals surface area contributed by atoms with Crippen molar-refractivity contribution >= 4 is 7.37 Å². The van der Waals surface area contributed by atoms with E-state index in [0.717, 1.165) is 6.42 Å². The second kappa shape index (κ2) is 1.60. The molecule has 7 unspecified atom stereocenters. The van der Waals surface area contributed by atoms with Crippen molar-refractivity contribution < 1.29 is 10.8 Å². The van der Waals surface area contributed by atoms with Crippen molar-refractivity contribution in [1.29, 1.82) is 0 Å². The van der Waals surface area contributed by atoms with Crippen molar-refractivity contribution in [1.82, 2.24) is 0 Å². The summed E-state index contributed by atoms with van der Waals surface area (Å²) < 4.78 is 19.3. The van der Waals surface area contributed by atoms with Gasteiger partial charge in [-0.05, 0) is 36.5 Å². The van der Waals surface area contributed by atoms with Crippen LogP contribution in [0, 0.1) is 23.7 Å². The summed E-state index contributed by atoms with van der Waals surface area (Å²) in [7, 11) is -2.90. The monoisotopic (exact) mass is 173 g/mol. The quantitative estimate of drug-likeness (QED) is 0.611. The highest BCUT2D eigenvalue weighted by Crippen LogP contribution is 2.77. The predicted molar refractivity (Wildman–Crippen MR) is 42.7 cm³/mol. The van der Waals surface area contributed by atoms with Gasteiger partial charge in [-0.15, -0.1) is 0 Å². The van der Waals surface area contributed by atoms with Crippen LogP contribution in [0.15, 0.2) is 0 Å². The minimum atomic E-state index is -2.90. The molecule has 4 bridgehead atoms. The Morgan fingerprint density at radius 3 is 2.55 bits per heavy atom. The number of hydrogen-bond donors (Lipinski definition) is 1. The van der Waals surface area contributed by atoms with E-state index in [0.29, 0.717) is 17.8 Å². The summed E-state index contributed by atoms with van der Waals surface area (Å²) in [6.45, 7) is 1.47. The summed E-state index contributed by atoms with van der Waals surface area (Å²) in [5.41, 5.74) is -0.00463. The highest BCUT2D eigenvalue weighted by atomic mass is 31.2. The van der Waals surface area contributed by atoms with Crippen LogP contribution in [0.5, 0.6) is 0 Å². The van der Waals surface area contributed by atoms with Crippen LogP contribution in [0.4, 0.5) is 0 Å². The van der Waals surface area contributed by atoms with Gasteiger partial charge in [0.2, 0.25) is 7.37 Å². The highest BCUT2D eigenvalue weighted by molar-refractivity contribution is 7.58. The first-order chi connectivity index (χ1) is 5.52. The van der Waals surface area contributed by atoms with E-state index in [-0.39, 0.29) is 18.0 Å². The Balaban J connectivity index is 1.99. The van der Waals surface area contributed by atoms with E-state index < -0.39 is 7.37 Å².